The third kappa shape index (κ3) is 4.32. The van der Waals surface area contributed by atoms with Crippen LogP contribution in [0.2, 0.25) is 0 Å². The molecule has 0 aliphatic rings. The van der Waals surface area contributed by atoms with Crippen LogP contribution in [0.5, 0.6) is 5.88 Å². The lowest BCUT2D eigenvalue weighted by molar-refractivity contribution is 0.0526. The topological polar surface area (TPSA) is 80.9 Å². The molecular weight excluding hydrogens is 328 g/mol. The summed E-state index contributed by atoms with van der Waals surface area (Å²) >= 11 is 0.946. The molecule has 0 amide bonds. The normalized spacial score (nSPS) is 11.1. The minimum atomic E-state index is -0.409. The highest BCUT2D eigenvalue weighted by molar-refractivity contribution is 7.11. The van der Waals surface area contributed by atoms with E-state index in [9.17, 15) is 14.7 Å². The van der Waals surface area contributed by atoms with Gasteiger partial charge in [-0.25, -0.2) is 4.79 Å². The number of hydrogen-bond donors (Lipinski definition) is 1. The van der Waals surface area contributed by atoms with Crippen LogP contribution in [0.25, 0.3) is 0 Å². The van der Waals surface area contributed by atoms with Crippen molar-refractivity contribution in [2.75, 3.05) is 6.61 Å². The lowest BCUT2D eigenvalue weighted by Gasteiger charge is -2.02. The summed E-state index contributed by atoms with van der Waals surface area (Å²) in [6, 6.07) is 6.68. The highest BCUT2D eigenvalue weighted by Gasteiger charge is 2.12. The number of thiazole rings is 1. The second-order valence-electron chi connectivity index (χ2n) is 5.09. The number of ether oxygens (including phenoxy) is 1. The van der Waals surface area contributed by atoms with Gasteiger partial charge in [0, 0.05) is 6.54 Å². The van der Waals surface area contributed by atoms with Gasteiger partial charge in [-0.05, 0) is 31.5 Å². The number of aromatic nitrogens is 1. The van der Waals surface area contributed by atoms with Crippen LogP contribution in [-0.2, 0) is 11.3 Å². The standard InChI is InChI=1S/C17H20N2O4S/c1-3-5-9-19-15(20)14(24-17(19)22)11-18-13-8-6-7-12(10-13)16(21)23-4-2/h6-8,10-11,20H,3-5,9H2,1-2H3. The number of aliphatic imine (C=N–C) groups is 1. The van der Waals surface area contributed by atoms with E-state index in [2.05, 4.69) is 4.99 Å². The summed E-state index contributed by atoms with van der Waals surface area (Å²) in [6.45, 7) is 4.56. The number of rotatable bonds is 7. The zero-order valence-electron chi connectivity index (χ0n) is 13.7. The lowest BCUT2D eigenvalue weighted by Crippen LogP contribution is -2.12. The largest absolute Gasteiger partial charge is 0.493 e. The molecule has 0 atom stereocenters. The Bertz CT molecular complexity index is 792. The van der Waals surface area contributed by atoms with Crippen molar-refractivity contribution in [2.24, 2.45) is 4.99 Å². The number of benzene rings is 1. The van der Waals surface area contributed by atoms with Gasteiger partial charge in [0.25, 0.3) is 0 Å². The molecule has 0 aliphatic carbocycles. The van der Waals surface area contributed by atoms with Gasteiger partial charge >= 0.3 is 10.8 Å². The molecule has 0 aliphatic heterocycles. The second kappa shape index (κ2) is 8.44. The van der Waals surface area contributed by atoms with Crippen LogP contribution in [0.15, 0.2) is 34.1 Å². The Morgan fingerprint density at radius 2 is 2.21 bits per heavy atom. The van der Waals surface area contributed by atoms with Crippen molar-refractivity contribution in [1.29, 1.82) is 0 Å². The first-order valence-corrected chi connectivity index (χ1v) is 8.62. The summed E-state index contributed by atoms with van der Waals surface area (Å²) in [5.74, 6) is -0.475. The van der Waals surface area contributed by atoms with E-state index in [1.165, 1.54) is 10.8 Å². The van der Waals surface area contributed by atoms with E-state index in [0.29, 0.717) is 29.3 Å². The van der Waals surface area contributed by atoms with Crippen molar-refractivity contribution in [3.05, 3.63) is 44.4 Å². The van der Waals surface area contributed by atoms with Gasteiger partial charge < -0.3 is 9.84 Å². The minimum Gasteiger partial charge on any atom is -0.493 e. The third-order valence-corrected chi connectivity index (χ3v) is 4.22. The Kier molecular flexibility index (Phi) is 6.31. The van der Waals surface area contributed by atoms with E-state index in [4.69, 9.17) is 4.74 Å². The minimum absolute atomic E-state index is 0.0660. The average Bonchev–Trinajstić information content (AvgIpc) is 2.85. The fourth-order valence-corrected chi connectivity index (χ4v) is 2.86. The molecule has 0 radical (unpaired) electrons. The molecule has 0 saturated heterocycles. The molecule has 1 N–H and O–H groups in total. The Hall–Kier alpha value is -2.41. The van der Waals surface area contributed by atoms with Crippen LogP contribution in [-0.4, -0.2) is 28.5 Å². The Balaban J connectivity index is 2.21. The molecule has 0 unspecified atom stereocenters. The molecule has 24 heavy (non-hydrogen) atoms. The number of esters is 1. The predicted octanol–water partition coefficient (Wildman–Crippen LogP) is 3.34. The first-order chi connectivity index (χ1) is 11.6. The second-order valence-corrected chi connectivity index (χ2v) is 6.08. The van der Waals surface area contributed by atoms with E-state index in [1.807, 2.05) is 6.92 Å². The van der Waals surface area contributed by atoms with Crippen molar-refractivity contribution >= 4 is 29.2 Å². The first kappa shape index (κ1) is 17.9. The number of nitrogens with zero attached hydrogens (tertiary/aromatic N) is 2. The number of carbonyl (C=O) groups excluding carboxylic acids is 1. The molecule has 0 spiro atoms. The van der Waals surface area contributed by atoms with Gasteiger partial charge in [0.15, 0.2) is 0 Å². The van der Waals surface area contributed by atoms with Crippen LogP contribution in [0.4, 0.5) is 5.69 Å². The fourth-order valence-electron chi connectivity index (χ4n) is 2.07. The van der Waals surface area contributed by atoms with Gasteiger partial charge in [-0.3, -0.25) is 14.4 Å². The summed E-state index contributed by atoms with van der Waals surface area (Å²) in [5.41, 5.74) is 0.949. The van der Waals surface area contributed by atoms with Gasteiger partial charge in [-0.15, -0.1) is 0 Å². The lowest BCUT2D eigenvalue weighted by atomic mass is 10.2. The maximum absolute atomic E-state index is 11.9. The predicted molar refractivity (Wildman–Crippen MR) is 94.8 cm³/mol. The van der Waals surface area contributed by atoms with Crippen LogP contribution in [0.3, 0.4) is 0 Å². The van der Waals surface area contributed by atoms with E-state index in [1.54, 1.807) is 31.2 Å². The van der Waals surface area contributed by atoms with Gasteiger partial charge in [0.2, 0.25) is 5.88 Å². The van der Waals surface area contributed by atoms with E-state index in [-0.39, 0.29) is 10.8 Å². The molecular formula is C17H20N2O4S. The maximum Gasteiger partial charge on any atom is 0.338 e. The molecule has 0 bridgehead atoms. The third-order valence-electron chi connectivity index (χ3n) is 3.32. The smallest absolute Gasteiger partial charge is 0.338 e. The number of hydrogen-bond acceptors (Lipinski definition) is 6. The first-order valence-electron chi connectivity index (χ1n) is 7.80. The average molecular weight is 348 g/mol. The van der Waals surface area contributed by atoms with Gasteiger partial charge in [-0.1, -0.05) is 30.7 Å². The Morgan fingerprint density at radius 1 is 1.42 bits per heavy atom. The summed E-state index contributed by atoms with van der Waals surface area (Å²) in [4.78, 5) is 28.0. The van der Waals surface area contributed by atoms with Gasteiger partial charge in [-0.2, -0.15) is 0 Å². The summed E-state index contributed by atoms with van der Waals surface area (Å²) in [5, 5.41) is 10.1. The van der Waals surface area contributed by atoms with Gasteiger partial charge in [0.05, 0.1) is 24.1 Å². The molecule has 0 saturated carbocycles. The van der Waals surface area contributed by atoms with Crippen molar-refractivity contribution in [3.63, 3.8) is 0 Å². The fraction of sp³-hybridized carbons (Fsp3) is 0.353. The molecule has 1 heterocycles. The molecule has 0 fully saturated rings. The zero-order chi connectivity index (χ0) is 17.5. The van der Waals surface area contributed by atoms with Crippen LogP contribution in [0.1, 0.15) is 41.9 Å². The van der Waals surface area contributed by atoms with Crippen molar-refractivity contribution in [3.8, 4) is 5.88 Å². The summed E-state index contributed by atoms with van der Waals surface area (Å²) < 4.78 is 6.30. The van der Waals surface area contributed by atoms with E-state index >= 15 is 0 Å². The molecule has 128 valence electrons. The molecule has 6 nitrogen and oxygen atoms in total. The van der Waals surface area contributed by atoms with Crippen LogP contribution in [0, 0.1) is 0 Å². The molecule has 1 aromatic heterocycles. The Morgan fingerprint density at radius 3 is 2.92 bits per heavy atom. The van der Waals surface area contributed by atoms with Crippen LogP contribution < -0.4 is 4.87 Å². The molecule has 2 rings (SSSR count). The van der Waals surface area contributed by atoms with Crippen LogP contribution >= 0.6 is 11.3 Å². The number of unbranched alkanes of at least 4 members (excludes halogenated alkanes) is 1. The highest BCUT2D eigenvalue weighted by atomic mass is 32.1. The molecule has 1 aromatic carbocycles. The highest BCUT2D eigenvalue weighted by Crippen LogP contribution is 2.21. The van der Waals surface area contributed by atoms with Gasteiger partial charge in [0.1, 0.15) is 4.88 Å². The van der Waals surface area contributed by atoms with Crippen molar-refractivity contribution in [2.45, 2.75) is 33.2 Å². The monoisotopic (exact) mass is 348 g/mol. The number of carbonyl (C=O) groups is 1. The summed E-state index contributed by atoms with van der Waals surface area (Å²) in [7, 11) is 0. The van der Waals surface area contributed by atoms with Crippen molar-refractivity contribution < 1.29 is 14.6 Å². The molecule has 7 heteroatoms. The number of aromatic hydroxyl groups is 1. The molecule has 2 aromatic rings. The SMILES string of the molecule is CCCCn1c(O)c(C=Nc2cccc(C(=O)OCC)c2)sc1=O. The summed E-state index contributed by atoms with van der Waals surface area (Å²) in [6.07, 6.45) is 3.20. The van der Waals surface area contributed by atoms with Crippen molar-refractivity contribution in [1.82, 2.24) is 4.57 Å². The zero-order valence-corrected chi connectivity index (χ0v) is 14.5. The Labute approximate surface area is 144 Å². The maximum atomic E-state index is 11.9. The van der Waals surface area contributed by atoms with E-state index in [0.717, 1.165) is 24.2 Å². The van der Waals surface area contributed by atoms with E-state index < -0.39 is 5.97 Å². The quantitative estimate of drug-likeness (QED) is 0.615.